The summed E-state index contributed by atoms with van der Waals surface area (Å²) < 4.78 is 0. The lowest BCUT2D eigenvalue weighted by atomic mass is 9.89. The minimum Gasteiger partial charge on any atom is -0.365 e. The van der Waals surface area contributed by atoms with Crippen molar-refractivity contribution in [2.24, 2.45) is 5.92 Å². The molecule has 4 heteroatoms. The Bertz CT molecular complexity index is 707. The number of para-hydroxylation sites is 1. The van der Waals surface area contributed by atoms with E-state index in [1.807, 2.05) is 77.5 Å². The van der Waals surface area contributed by atoms with Crippen LogP contribution in [0.15, 0.2) is 60.7 Å². The highest BCUT2D eigenvalue weighted by Gasteiger charge is 2.28. The Balaban J connectivity index is 1.52. The lowest BCUT2D eigenvalue weighted by Gasteiger charge is -2.32. The van der Waals surface area contributed by atoms with Crippen LogP contribution in [-0.2, 0) is 4.79 Å². The number of likely N-dealkylation sites (N-methyl/N-ethyl adjacent to an activating group) is 1. The Morgan fingerprint density at radius 3 is 2.12 bits per heavy atom. The fourth-order valence-electron chi connectivity index (χ4n) is 3.31. The van der Waals surface area contributed by atoms with Gasteiger partial charge in [-0.05, 0) is 25.0 Å². The van der Waals surface area contributed by atoms with Gasteiger partial charge in [-0.3, -0.25) is 9.59 Å². The number of anilines is 1. The minimum atomic E-state index is 0.0262. The summed E-state index contributed by atoms with van der Waals surface area (Å²) in [5.74, 6) is 0.351. The number of nitrogens with zero attached hydrogens (tertiary/aromatic N) is 2. The van der Waals surface area contributed by atoms with Gasteiger partial charge in [0.15, 0.2) is 5.78 Å². The van der Waals surface area contributed by atoms with Crippen molar-refractivity contribution in [3.8, 4) is 0 Å². The van der Waals surface area contributed by atoms with Gasteiger partial charge in [0.05, 0.1) is 6.54 Å². The third-order valence-corrected chi connectivity index (χ3v) is 4.85. The molecule has 130 valence electrons. The zero-order valence-corrected chi connectivity index (χ0v) is 14.6. The van der Waals surface area contributed by atoms with E-state index in [2.05, 4.69) is 0 Å². The molecule has 0 saturated carbocycles. The van der Waals surface area contributed by atoms with Crippen LogP contribution in [0.3, 0.4) is 0 Å². The molecule has 1 aliphatic heterocycles. The van der Waals surface area contributed by atoms with Crippen LogP contribution in [-0.4, -0.2) is 43.3 Å². The summed E-state index contributed by atoms with van der Waals surface area (Å²) in [6, 6.07) is 19.3. The molecule has 1 fully saturated rings. The maximum atomic E-state index is 12.5. The number of amides is 1. The van der Waals surface area contributed by atoms with Gasteiger partial charge in [0, 0.05) is 37.3 Å². The smallest absolute Gasteiger partial charge is 0.242 e. The summed E-state index contributed by atoms with van der Waals surface area (Å²) in [5, 5.41) is 0. The van der Waals surface area contributed by atoms with E-state index in [1.165, 1.54) is 0 Å². The second-order valence-electron chi connectivity index (χ2n) is 6.58. The highest BCUT2D eigenvalue weighted by atomic mass is 16.2. The minimum absolute atomic E-state index is 0.0262. The molecule has 0 unspecified atom stereocenters. The van der Waals surface area contributed by atoms with Gasteiger partial charge in [0.2, 0.25) is 5.91 Å². The van der Waals surface area contributed by atoms with Crippen molar-refractivity contribution in [1.29, 1.82) is 0 Å². The van der Waals surface area contributed by atoms with Gasteiger partial charge in [-0.2, -0.15) is 0 Å². The molecule has 1 amide bonds. The second-order valence-corrected chi connectivity index (χ2v) is 6.58. The number of benzene rings is 2. The van der Waals surface area contributed by atoms with Crippen molar-refractivity contribution in [2.45, 2.75) is 12.8 Å². The largest absolute Gasteiger partial charge is 0.365 e. The van der Waals surface area contributed by atoms with Crippen molar-refractivity contribution in [3.63, 3.8) is 0 Å². The number of likely N-dealkylation sites (tertiary alicyclic amines) is 1. The molecule has 0 N–H and O–H groups in total. The molecule has 1 saturated heterocycles. The first-order valence-electron chi connectivity index (χ1n) is 8.78. The predicted octanol–water partition coefficient (Wildman–Crippen LogP) is 3.24. The molecule has 1 aliphatic rings. The normalized spacial score (nSPS) is 15.0. The van der Waals surface area contributed by atoms with Crippen LogP contribution in [0, 0.1) is 5.92 Å². The number of hydrogen-bond donors (Lipinski definition) is 0. The lowest BCUT2D eigenvalue weighted by Crippen LogP contribution is -2.44. The monoisotopic (exact) mass is 336 g/mol. The van der Waals surface area contributed by atoms with Crippen LogP contribution in [0.25, 0.3) is 0 Å². The van der Waals surface area contributed by atoms with Crippen molar-refractivity contribution in [2.75, 3.05) is 31.6 Å². The average molecular weight is 336 g/mol. The quantitative estimate of drug-likeness (QED) is 0.787. The maximum absolute atomic E-state index is 12.5. The fraction of sp³-hybridized carbons (Fsp3) is 0.333. The first kappa shape index (κ1) is 17.2. The molecule has 0 atom stereocenters. The SMILES string of the molecule is CN(CC(=O)N1CCC(C(=O)c2ccccc2)CC1)c1ccccc1. The van der Waals surface area contributed by atoms with Gasteiger partial charge in [0.1, 0.15) is 0 Å². The molecule has 2 aromatic carbocycles. The topological polar surface area (TPSA) is 40.6 Å². The van der Waals surface area contributed by atoms with E-state index in [0.29, 0.717) is 19.6 Å². The highest BCUT2D eigenvalue weighted by Crippen LogP contribution is 2.22. The van der Waals surface area contributed by atoms with Gasteiger partial charge in [-0.15, -0.1) is 0 Å². The third kappa shape index (κ3) is 4.27. The van der Waals surface area contributed by atoms with E-state index in [9.17, 15) is 9.59 Å². The lowest BCUT2D eigenvalue weighted by molar-refractivity contribution is -0.130. The predicted molar refractivity (Wildman–Crippen MR) is 99.8 cm³/mol. The number of carbonyl (C=O) groups is 2. The molecule has 25 heavy (non-hydrogen) atoms. The third-order valence-electron chi connectivity index (χ3n) is 4.85. The average Bonchev–Trinajstić information content (AvgIpc) is 2.69. The molecule has 0 bridgehead atoms. The molecular weight excluding hydrogens is 312 g/mol. The summed E-state index contributed by atoms with van der Waals surface area (Å²) in [7, 11) is 1.93. The molecule has 4 nitrogen and oxygen atoms in total. The van der Waals surface area contributed by atoms with Gasteiger partial charge >= 0.3 is 0 Å². The van der Waals surface area contributed by atoms with Crippen LogP contribution >= 0.6 is 0 Å². The number of Topliss-reactive ketones (excluding diaryl/α,β-unsaturated/α-hetero) is 1. The van der Waals surface area contributed by atoms with Crippen molar-refractivity contribution in [3.05, 3.63) is 66.2 Å². The fourth-order valence-corrected chi connectivity index (χ4v) is 3.31. The molecule has 2 aromatic rings. The Labute approximate surface area is 149 Å². The van der Waals surface area contributed by atoms with Crippen molar-refractivity contribution >= 4 is 17.4 Å². The molecule has 0 radical (unpaired) electrons. The Hall–Kier alpha value is -2.62. The summed E-state index contributed by atoms with van der Waals surface area (Å²) in [4.78, 5) is 28.9. The van der Waals surface area contributed by atoms with Crippen LogP contribution < -0.4 is 4.90 Å². The van der Waals surface area contributed by atoms with Crippen LogP contribution in [0.4, 0.5) is 5.69 Å². The Kier molecular flexibility index (Phi) is 5.49. The van der Waals surface area contributed by atoms with Crippen molar-refractivity contribution < 1.29 is 9.59 Å². The van der Waals surface area contributed by atoms with Gasteiger partial charge < -0.3 is 9.80 Å². The number of piperidine rings is 1. The maximum Gasteiger partial charge on any atom is 0.242 e. The molecule has 0 aromatic heterocycles. The standard InChI is InChI=1S/C21H24N2O2/c1-22(19-10-6-3-7-11-19)16-20(24)23-14-12-18(13-15-23)21(25)17-8-4-2-5-9-17/h2-11,18H,12-16H2,1H3. The number of carbonyl (C=O) groups excluding carboxylic acids is 2. The van der Waals surface area contributed by atoms with Gasteiger partial charge in [-0.1, -0.05) is 48.5 Å². The number of hydrogen-bond acceptors (Lipinski definition) is 3. The Morgan fingerprint density at radius 1 is 0.960 bits per heavy atom. The van der Waals surface area contributed by atoms with E-state index in [4.69, 9.17) is 0 Å². The summed E-state index contributed by atoms with van der Waals surface area (Å²) in [6.07, 6.45) is 1.49. The van der Waals surface area contributed by atoms with Gasteiger partial charge in [0.25, 0.3) is 0 Å². The summed E-state index contributed by atoms with van der Waals surface area (Å²) in [5.41, 5.74) is 1.81. The molecule has 0 aliphatic carbocycles. The number of rotatable bonds is 5. The first-order chi connectivity index (χ1) is 12.1. The first-order valence-corrected chi connectivity index (χ1v) is 8.78. The van der Waals surface area contributed by atoms with Crippen molar-refractivity contribution in [1.82, 2.24) is 4.90 Å². The van der Waals surface area contributed by atoms with Gasteiger partial charge in [-0.25, -0.2) is 0 Å². The van der Waals surface area contributed by atoms with Crippen LogP contribution in [0.2, 0.25) is 0 Å². The second kappa shape index (κ2) is 7.97. The van der Waals surface area contributed by atoms with E-state index < -0.39 is 0 Å². The molecule has 3 rings (SSSR count). The van der Waals surface area contributed by atoms with Crippen LogP contribution in [0.5, 0.6) is 0 Å². The molecule has 0 spiro atoms. The van der Waals surface area contributed by atoms with Crippen LogP contribution in [0.1, 0.15) is 23.2 Å². The van der Waals surface area contributed by atoms with E-state index >= 15 is 0 Å². The highest BCUT2D eigenvalue weighted by molar-refractivity contribution is 5.98. The van der Waals surface area contributed by atoms with E-state index in [-0.39, 0.29) is 17.6 Å². The molecular formula is C21H24N2O2. The van der Waals surface area contributed by atoms with E-state index in [0.717, 1.165) is 24.1 Å². The summed E-state index contributed by atoms with van der Waals surface area (Å²) >= 11 is 0. The van der Waals surface area contributed by atoms with E-state index in [1.54, 1.807) is 0 Å². The molecule has 1 heterocycles. The summed E-state index contributed by atoms with van der Waals surface area (Å²) in [6.45, 7) is 1.68. The number of ketones is 1. The zero-order valence-electron chi connectivity index (χ0n) is 14.6. The Morgan fingerprint density at radius 2 is 1.52 bits per heavy atom. The zero-order chi connectivity index (χ0) is 17.6.